The van der Waals surface area contributed by atoms with Crippen LogP contribution in [0.15, 0.2) is 12.1 Å². The molecule has 0 spiro atoms. The summed E-state index contributed by atoms with van der Waals surface area (Å²) in [5, 5.41) is 22.7. The molecule has 1 unspecified atom stereocenters. The highest BCUT2D eigenvalue weighted by Gasteiger charge is 2.16. The molecule has 0 radical (unpaired) electrons. The lowest BCUT2D eigenvalue weighted by molar-refractivity contribution is -0.385. The number of pyridine rings is 1. The second-order valence-corrected chi connectivity index (χ2v) is 3.97. The van der Waals surface area contributed by atoms with E-state index in [1.165, 1.54) is 12.1 Å². The lowest BCUT2D eigenvalue weighted by atomic mass is 10.1. The number of hydrogen-bond acceptors (Lipinski definition) is 5. The maximum Gasteiger partial charge on any atom is 0.305 e. The van der Waals surface area contributed by atoms with Crippen molar-refractivity contribution in [3.05, 3.63) is 27.9 Å². The van der Waals surface area contributed by atoms with Crippen LogP contribution in [0.1, 0.15) is 38.8 Å². The van der Waals surface area contributed by atoms with Gasteiger partial charge in [-0.1, -0.05) is 20.3 Å². The molecule has 1 aromatic rings. The summed E-state index contributed by atoms with van der Waals surface area (Å²) in [5.41, 5.74) is -0.414. The first-order valence-corrected chi connectivity index (χ1v) is 5.94. The quantitative estimate of drug-likeness (QED) is 0.617. The average molecular weight is 248 g/mol. The van der Waals surface area contributed by atoms with E-state index in [9.17, 15) is 10.1 Å². The Bertz CT molecular complexity index is 468. The highest BCUT2D eigenvalue weighted by Crippen LogP contribution is 2.19. The third-order valence-electron chi connectivity index (χ3n) is 2.66. The molecule has 0 bridgehead atoms. The van der Waals surface area contributed by atoms with E-state index < -0.39 is 4.92 Å². The second-order valence-electron chi connectivity index (χ2n) is 3.97. The number of rotatable bonds is 6. The van der Waals surface area contributed by atoms with Crippen molar-refractivity contribution in [3.8, 4) is 6.07 Å². The van der Waals surface area contributed by atoms with Crippen molar-refractivity contribution < 1.29 is 4.92 Å². The third-order valence-corrected chi connectivity index (χ3v) is 2.66. The third kappa shape index (κ3) is 3.42. The van der Waals surface area contributed by atoms with Crippen LogP contribution >= 0.6 is 0 Å². The summed E-state index contributed by atoms with van der Waals surface area (Å²) in [6.07, 6.45) is 2.98. The summed E-state index contributed by atoms with van der Waals surface area (Å²) in [7, 11) is 0. The molecule has 0 fully saturated rings. The Hall–Kier alpha value is -2.16. The van der Waals surface area contributed by atoms with Gasteiger partial charge in [-0.15, -0.1) is 0 Å². The number of nitro groups is 1. The highest BCUT2D eigenvalue weighted by molar-refractivity contribution is 5.50. The molecule has 96 valence electrons. The molecule has 0 saturated carbocycles. The predicted octanol–water partition coefficient (Wildman–Crippen LogP) is 2.85. The van der Waals surface area contributed by atoms with Crippen LogP contribution in [0.3, 0.4) is 0 Å². The van der Waals surface area contributed by atoms with E-state index >= 15 is 0 Å². The van der Waals surface area contributed by atoms with Gasteiger partial charge < -0.3 is 5.32 Å². The van der Waals surface area contributed by atoms with Crippen molar-refractivity contribution in [2.45, 2.75) is 39.2 Å². The molecule has 1 N–H and O–H groups in total. The number of aromatic nitrogens is 1. The van der Waals surface area contributed by atoms with Gasteiger partial charge in [-0.25, -0.2) is 4.98 Å². The molecule has 0 aliphatic carbocycles. The van der Waals surface area contributed by atoms with Crippen molar-refractivity contribution in [1.29, 1.82) is 5.26 Å². The van der Waals surface area contributed by atoms with Gasteiger partial charge >= 0.3 is 5.69 Å². The first kappa shape index (κ1) is 13.9. The number of anilines is 1. The molecule has 0 aromatic carbocycles. The molecule has 0 amide bonds. The topological polar surface area (TPSA) is 91.9 Å². The molecular formula is C12H16N4O2. The lowest BCUT2D eigenvalue weighted by Crippen LogP contribution is -2.19. The molecule has 1 aromatic heterocycles. The van der Waals surface area contributed by atoms with Crippen LogP contribution in [-0.4, -0.2) is 15.9 Å². The van der Waals surface area contributed by atoms with E-state index in [0.717, 1.165) is 19.3 Å². The van der Waals surface area contributed by atoms with Gasteiger partial charge in [0, 0.05) is 12.1 Å². The van der Waals surface area contributed by atoms with Crippen LogP contribution in [0.2, 0.25) is 0 Å². The molecule has 1 heterocycles. The Morgan fingerprint density at radius 3 is 2.78 bits per heavy atom. The normalized spacial score (nSPS) is 11.6. The van der Waals surface area contributed by atoms with Crippen molar-refractivity contribution in [1.82, 2.24) is 4.98 Å². The van der Waals surface area contributed by atoms with E-state index in [4.69, 9.17) is 5.26 Å². The SMILES string of the molecule is CCCC(CC)Nc1ccc([N+](=O)[O-])c(C#N)n1. The van der Waals surface area contributed by atoms with Gasteiger partial charge in [0.1, 0.15) is 11.9 Å². The summed E-state index contributed by atoms with van der Waals surface area (Å²) in [6, 6.07) is 4.87. The summed E-state index contributed by atoms with van der Waals surface area (Å²) in [6.45, 7) is 4.15. The Kier molecular flexibility index (Phi) is 5.06. The van der Waals surface area contributed by atoms with Gasteiger partial charge in [-0.05, 0) is 18.9 Å². The fraction of sp³-hybridized carbons (Fsp3) is 0.500. The summed E-state index contributed by atoms with van der Waals surface area (Å²) < 4.78 is 0. The van der Waals surface area contributed by atoms with Crippen LogP contribution < -0.4 is 5.32 Å². The standard InChI is InChI=1S/C12H16N4O2/c1-3-5-9(4-2)14-12-7-6-11(16(17)18)10(8-13)15-12/h6-7,9H,3-5H2,1-2H3,(H,14,15). The number of nitrogens with zero attached hydrogens (tertiary/aromatic N) is 3. The van der Waals surface area contributed by atoms with Gasteiger partial charge in [0.05, 0.1) is 4.92 Å². The van der Waals surface area contributed by atoms with Crippen LogP contribution in [0.4, 0.5) is 11.5 Å². The Labute approximate surface area is 106 Å². The molecule has 1 atom stereocenters. The summed E-state index contributed by atoms with van der Waals surface area (Å²) >= 11 is 0. The molecule has 0 saturated heterocycles. The summed E-state index contributed by atoms with van der Waals surface area (Å²) in [5.74, 6) is 0.512. The Morgan fingerprint density at radius 1 is 1.56 bits per heavy atom. The Balaban J connectivity index is 2.92. The smallest absolute Gasteiger partial charge is 0.305 e. The molecule has 0 aliphatic rings. The first-order valence-electron chi connectivity index (χ1n) is 5.94. The van der Waals surface area contributed by atoms with E-state index in [-0.39, 0.29) is 17.4 Å². The fourth-order valence-corrected chi connectivity index (χ4v) is 1.70. The van der Waals surface area contributed by atoms with Gasteiger partial charge in [-0.3, -0.25) is 10.1 Å². The maximum atomic E-state index is 10.7. The van der Waals surface area contributed by atoms with Gasteiger partial charge in [0.2, 0.25) is 5.69 Å². The van der Waals surface area contributed by atoms with Crippen molar-refractivity contribution in [2.75, 3.05) is 5.32 Å². The van der Waals surface area contributed by atoms with E-state index in [2.05, 4.69) is 24.1 Å². The Morgan fingerprint density at radius 2 is 2.28 bits per heavy atom. The number of nitrogens with one attached hydrogen (secondary N) is 1. The highest BCUT2D eigenvalue weighted by atomic mass is 16.6. The maximum absolute atomic E-state index is 10.7. The van der Waals surface area contributed by atoms with Crippen molar-refractivity contribution in [3.63, 3.8) is 0 Å². The van der Waals surface area contributed by atoms with Crippen molar-refractivity contribution >= 4 is 11.5 Å². The zero-order chi connectivity index (χ0) is 13.5. The van der Waals surface area contributed by atoms with Crippen molar-refractivity contribution in [2.24, 2.45) is 0 Å². The van der Waals surface area contributed by atoms with Crippen LogP contribution in [0.5, 0.6) is 0 Å². The molecule has 6 heteroatoms. The monoisotopic (exact) mass is 248 g/mol. The van der Waals surface area contributed by atoms with Crippen LogP contribution in [-0.2, 0) is 0 Å². The average Bonchev–Trinajstić information content (AvgIpc) is 2.37. The molecule has 18 heavy (non-hydrogen) atoms. The van der Waals surface area contributed by atoms with Gasteiger partial charge in [0.15, 0.2) is 0 Å². The number of hydrogen-bond donors (Lipinski definition) is 1. The second kappa shape index (κ2) is 6.55. The fourth-order valence-electron chi connectivity index (χ4n) is 1.70. The van der Waals surface area contributed by atoms with Crippen LogP contribution in [0, 0.1) is 21.4 Å². The first-order chi connectivity index (χ1) is 8.62. The summed E-state index contributed by atoms with van der Waals surface area (Å²) in [4.78, 5) is 14.0. The van der Waals surface area contributed by atoms with Gasteiger partial charge in [-0.2, -0.15) is 5.26 Å². The van der Waals surface area contributed by atoms with E-state index in [1.807, 2.05) is 0 Å². The molecule has 1 rings (SSSR count). The predicted molar refractivity (Wildman–Crippen MR) is 68.2 cm³/mol. The zero-order valence-corrected chi connectivity index (χ0v) is 10.5. The van der Waals surface area contributed by atoms with E-state index in [0.29, 0.717) is 5.82 Å². The number of nitriles is 1. The lowest BCUT2D eigenvalue weighted by Gasteiger charge is -2.16. The zero-order valence-electron chi connectivity index (χ0n) is 10.5. The largest absolute Gasteiger partial charge is 0.367 e. The van der Waals surface area contributed by atoms with Crippen LogP contribution in [0.25, 0.3) is 0 Å². The minimum atomic E-state index is -0.599. The minimum absolute atomic E-state index is 0.156. The van der Waals surface area contributed by atoms with Gasteiger partial charge in [0.25, 0.3) is 0 Å². The molecule has 0 aliphatic heterocycles. The van der Waals surface area contributed by atoms with E-state index in [1.54, 1.807) is 6.07 Å². The minimum Gasteiger partial charge on any atom is -0.367 e. The molecule has 6 nitrogen and oxygen atoms in total. The molecular weight excluding hydrogens is 232 g/mol.